The van der Waals surface area contributed by atoms with Crippen LogP contribution in [0, 0.1) is 11.8 Å². The summed E-state index contributed by atoms with van der Waals surface area (Å²) in [5.74, 6) is -1.29. The zero-order chi connectivity index (χ0) is 10.0. The Morgan fingerprint density at radius 1 is 1.23 bits per heavy atom. The fraction of sp³-hybridized carbons (Fsp3) is 0.778. The molecule has 1 rings (SSSR count). The third kappa shape index (κ3) is 2.44. The standard InChI is InChI=1S/C9H15NO3/c1-6-3-7(2)5-10(4-6)8(11)9(12)13/h6-7H,3-5H2,1-2H3,(H,12,13). The first-order valence-electron chi connectivity index (χ1n) is 4.53. The summed E-state index contributed by atoms with van der Waals surface area (Å²) in [4.78, 5) is 23.0. The van der Waals surface area contributed by atoms with Crippen molar-refractivity contribution in [2.45, 2.75) is 20.3 Å². The van der Waals surface area contributed by atoms with Crippen LogP contribution >= 0.6 is 0 Å². The molecule has 1 saturated heterocycles. The molecule has 1 aliphatic heterocycles. The van der Waals surface area contributed by atoms with E-state index in [9.17, 15) is 9.59 Å². The lowest BCUT2D eigenvalue weighted by molar-refractivity contribution is -0.157. The van der Waals surface area contributed by atoms with Gasteiger partial charge < -0.3 is 10.0 Å². The maximum absolute atomic E-state index is 11.1. The maximum atomic E-state index is 11.1. The van der Waals surface area contributed by atoms with Crippen LogP contribution < -0.4 is 0 Å². The molecule has 1 N–H and O–H groups in total. The number of likely N-dealkylation sites (tertiary alicyclic amines) is 1. The predicted molar refractivity (Wildman–Crippen MR) is 47.2 cm³/mol. The minimum Gasteiger partial charge on any atom is -0.474 e. The third-order valence-electron chi connectivity index (χ3n) is 2.34. The monoisotopic (exact) mass is 185 g/mol. The number of rotatable bonds is 0. The summed E-state index contributed by atoms with van der Waals surface area (Å²) in [7, 11) is 0. The molecule has 0 aliphatic carbocycles. The highest BCUT2D eigenvalue weighted by atomic mass is 16.4. The molecular formula is C9H15NO3. The lowest BCUT2D eigenvalue weighted by atomic mass is 9.92. The summed E-state index contributed by atoms with van der Waals surface area (Å²) in [5.41, 5.74) is 0. The zero-order valence-corrected chi connectivity index (χ0v) is 7.99. The summed E-state index contributed by atoms with van der Waals surface area (Å²) in [6.45, 7) is 5.24. The van der Waals surface area contributed by atoms with Gasteiger partial charge in [0.05, 0.1) is 0 Å². The van der Waals surface area contributed by atoms with Crippen LogP contribution in [0.1, 0.15) is 20.3 Å². The average Bonchev–Trinajstić information content (AvgIpc) is 2.01. The second-order valence-corrected chi connectivity index (χ2v) is 3.96. The first-order valence-corrected chi connectivity index (χ1v) is 4.53. The summed E-state index contributed by atoms with van der Waals surface area (Å²) in [6, 6.07) is 0. The smallest absolute Gasteiger partial charge is 0.394 e. The quantitative estimate of drug-likeness (QED) is 0.561. The van der Waals surface area contributed by atoms with Gasteiger partial charge in [0.15, 0.2) is 0 Å². The van der Waals surface area contributed by atoms with Gasteiger partial charge in [0, 0.05) is 13.1 Å². The van der Waals surface area contributed by atoms with E-state index in [-0.39, 0.29) is 0 Å². The van der Waals surface area contributed by atoms with Crippen LogP contribution in [0.15, 0.2) is 0 Å². The molecule has 13 heavy (non-hydrogen) atoms. The second kappa shape index (κ2) is 3.77. The Hall–Kier alpha value is -1.06. The molecule has 1 heterocycles. The number of carbonyl (C=O) groups is 2. The number of aliphatic carboxylic acids is 1. The van der Waals surface area contributed by atoms with E-state index >= 15 is 0 Å². The number of hydrogen-bond donors (Lipinski definition) is 1. The summed E-state index contributed by atoms with van der Waals surface area (Å²) in [5, 5.41) is 8.52. The first kappa shape index (κ1) is 10.0. The highest BCUT2D eigenvalue weighted by Crippen LogP contribution is 2.20. The third-order valence-corrected chi connectivity index (χ3v) is 2.34. The molecule has 74 valence electrons. The highest BCUT2D eigenvalue weighted by Gasteiger charge is 2.28. The van der Waals surface area contributed by atoms with E-state index in [2.05, 4.69) is 0 Å². The van der Waals surface area contributed by atoms with Crippen LogP contribution in [0.5, 0.6) is 0 Å². The SMILES string of the molecule is CC1CC(C)CN(C(=O)C(=O)O)C1. The van der Waals surface area contributed by atoms with Crippen molar-refractivity contribution < 1.29 is 14.7 Å². The Balaban J connectivity index is 2.60. The Morgan fingerprint density at radius 3 is 2.08 bits per heavy atom. The maximum Gasteiger partial charge on any atom is 0.394 e. The summed E-state index contributed by atoms with van der Waals surface area (Å²) < 4.78 is 0. The van der Waals surface area contributed by atoms with Crippen molar-refractivity contribution in [3.8, 4) is 0 Å². The lowest BCUT2D eigenvalue weighted by Gasteiger charge is -2.33. The molecule has 4 heteroatoms. The van der Waals surface area contributed by atoms with Gasteiger partial charge in [0.25, 0.3) is 0 Å². The number of carboxylic acid groups (broad SMARTS) is 1. The minimum absolute atomic E-state index is 0.409. The van der Waals surface area contributed by atoms with Gasteiger partial charge in [-0.25, -0.2) is 4.79 Å². The molecule has 0 aromatic carbocycles. The van der Waals surface area contributed by atoms with Gasteiger partial charge in [-0.2, -0.15) is 0 Å². The average molecular weight is 185 g/mol. The molecule has 0 aromatic rings. The van der Waals surface area contributed by atoms with E-state index in [1.807, 2.05) is 13.8 Å². The van der Waals surface area contributed by atoms with E-state index in [4.69, 9.17) is 5.11 Å². The molecule has 1 fully saturated rings. The Kier molecular flexibility index (Phi) is 2.90. The molecule has 0 saturated carbocycles. The highest BCUT2D eigenvalue weighted by molar-refractivity contribution is 6.31. The largest absolute Gasteiger partial charge is 0.474 e. The molecule has 4 nitrogen and oxygen atoms in total. The minimum atomic E-state index is -1.35. The van der Waals surface area contributed by atoms with E-state index < -0.39 is 11.9 Å². The number of carboxylic acids is 1. The predicted octanol–water partition coefficient (Wildman–Crippen LogP) is 0.575. The topological polar surface area (TPSA) is 57.6 Å². The van der Waals surface area contributed by atoms with Gasteiger partial charge in [-0.3, -0.25) is 4.79 Å². The molecule has 0 bridgehead atoms. The van der Waals surface area contributed by atoms with Crippen molar-refractivity contribution in [3.05, 3.63) is 0 Å². The molecule has 0 radical (unpaired) electrons. The van der Waals surface area contributed by atoms with Crippen LogP contribution in [-0.4, -0.2) is 35.0 Å². The molecular weight excluding hydrogens is 170 g/mol. The van der Waals surface area contributed by atoms with Crippen molar-refractivity contribution in [3.63, 3.8) is 0 Å². The molecule has 2 unspecified atom stereocenters. The zero-order valence-electron chi connectivity index (χ0n) is 7.99. The Morgan fingerprint density at radius 2 is 1.69 bits per heavy atom. The van der Waals surface area contributed by atoms with Gasteiger partial charge in [0.2, 0.25) is 0 Å². The van der Waals surface area contributed by atoms with Crippen molar-refractivity contribution in [1.82, 2.24) is 4.90 Å². The van der Waals surface area contributed by atoms with E-state index in [1.165, 1.54) is 4.90 Å². The van der Waals surface area contributed by atoms with Crippen molar-refractivity contribution in [2.75, 3.05) is 13.1 Å². The Bertz CT molecular complexity index is 217. The van der Waals surface area contributed by atoms with E-state index in [0.717, 1.165) is 6.42 Å². The number of piperidine rings is 1. The van der Waals surface area contributed by atoms with Crippen LogP contribution in [0.25, 0.3) is 0 Å². The molecule has 1 aliphatic rings. The summed E-state index contributed by atoms with van der Waals surface area (Å²) >= 11 is 0. The van der Waals surface area contributed by atoms with Crippen LogP contribution in [0.4, 0.5) is 0 Å². The van der Waals surface area contributed by atoms with Crippen LogP contribution in [0.3, 0.4) is 0 Å². The number of nitrogens with zero attached hydrogens (tertiary/aromatic N) is 1. The number of carbonyl (C=O) groups excluding carboxylic acids is 1. The van der Waals surface area contributed by atoms with Gasteiger partial charge in [0.1, 0.15) is 0 Å². The van der Waals surface area contributed by atoms with Crippen LogP contribution in [0.2, 0.25) is 0 Å². The normalized spacial score (nSPS) is 28.6. The van der Waals surface area contributed by atoms with Crippen molar-refractivity contribution >= 4 is 11.9 Å². The van der Waals surface area contributed by atoms with Crippen molar-refractivity contribution in [2.24, 2.45) is 11.8 Å². The molecule has 0 aromatic heterocycles. The van der Waals surface area contributed by atoms with Gasteiger partial charge in [-0.15, -0.1) is 0 Å². The molecule has 2 atom stereocenters. The van der Waals surface area contributed by atoms with Gasteiger partial charge >= 0.3 is 11.9 Å². The molecule has 0 spiro atoms. The van der Waals surface area contributed by atoms with Gasteiger partial charge in [-0.05, 0) is 18.3 Å². The Labute approximate surface area is 77.5 Å². The fourth-order valence-corrected chi connectivity index (χ4v) is 1.96. The summed E-state index contributed by atoms with van der Waals surface area (Å²) in [6.07, 6.45) is 1.07. The second-order valence-electron chi connectivity index (χ2n) is 3.96. The van der Waals surface area contributed by atoms with E-state index in [0.29, 0.717) is 24.9 Å². The van der Waals surface area contributed by atoms with E-state index in [1.54, 1.807) is 0 Å². The first-order chi connectivity index (χ1) is 6.00. The van der Waals surface area contributed by atoms with Crippen LogP contribution in [-0.2, 0) is 9.59 Å². The van der Waals surface area contributed by atoms with Crippen molar-refractivity contribution in [1.29, 1.82) is 0 Å². The molecule has 1 amide bonds. The number of amides is 1. The number of hydrogen-bond acceptors (Lipinski definition) is 2. The van der Waals surface area contributed by atoms with Gasteiger partial charge in [-0.1, -0.05) is 13.8 Å². The fourth-order valence-electron chi connectivity index (χ4n) is 1.96. The lowest BCUT2D eigenvalue weighted by Crippen LogP contribution is -2.45.